The zero-order valence-corrected chi connectivity index (χ0v) is 9.36. The molecule has 86 valence electrons. The highest BCUT2D eigenvalue weighted by Gasteiger charge is 2.47. The number of aromatic hydroxyl groups is 1. The van der Waals surface area contributed by atoms with Crippen LogP contribution >= 0.6 is 0 Å². The van der Waals surface area contributed by atoms with E-state index in [0.29, 0.717) is 18.4 Å². The number of aliphatic carboxylic acids is 1. The van der Waals surface area contributed by atoms with Crippen molar-refractivity contribution in [2.24, 2.45) is 0 Å². The fourth-order valence-corrected chi connectivity index (χ4v) is 2.39. The van der Waals surface area contributed by atoms with Gasteiger partial charge in [-0.2, -0.15) is 0 Å². The predicted octanol–water partition coefficient (Wildman–Crippen LogP) is 2.46. The van der Waals surface area contributed by atoms with Crippen LogP contribution in [0.4, 0.5) is 0 Å². The number of hydrogen-bond acceptors (Lipinski definition) is 2. The molecule has 0 aromatic heterocycles. The lowest BCUT2D eigenvalue weighted by Crippen LogP contribution is -2.42. The van der Waals surface area contributed by atoms with Crippen LogP contribution in [0.25, 0.3) is 0 Å². The molecule has 0 radical (unpaired) electrons. The summed E-state index contributed by atoms with van der Waals surface area (Å²) in [6.45, 7) is 1.95. The van der Waals surface area contributed by atoms with Crippen LogP contribution in [0.15, 0.2) is 18.2 Å². The maximum atomic E-state index is 11.3. The van der Waals surface area contributed by atoms with Gasteiger partial charge in [-0.05, 0) is 24.8 Å². The lowest BCUT2D eigenvalue weighted by molar-refractivity contribution is -0.147. The molecule has 0 unspecified atom stereocenters. The predicted molar refractivity (Wildman–Crippen MR) is 60.6 cm³/mol. The van der Waals surface area contributed by atoms with E-state index < -0.39 is 11.4 Å². The smallest absolute Gasteiger partial charge is 0.314 e. The van der Waals surface area contributed by atoms with Crippen LogP contribution in [0.1, 0.15) is 37.3 Å². The minimum Gasteiger partial charge on any atom is -0.507 e. The summed E-state index contributed by atoms with van der Waals surface area (Å²) < 4.78 is 0. The van der Waals surface area contributed by atoms with E-state index in [1.54, 1.807) is 6.07 Å². The average Bonchev–Trinajstić information content (AvgIpc) is 2.18. The number of carboxylic acid groups (broad SMARTS) is 1. The zero-order valence-electron chi connectivity index (χ0n) is 9.36. The summed E-state index contributed by atoms with van der Waals surface area (Å²) in [4.78, 5) is 11.3. The Balaban J connectivity index is 2.51. The molecule has 2 rings (SSSR count). The lowest BCUT2D eigenvalue weighted by atomic mass is 9.64. The third-order valence-electron chi connectivity index (χ3n) is 3.63. The molecule has 0 saturated heterocycles. The van der Waals surface area contributed by atoms with Crippen molar-refractivity contribution < 1.29 is 15.0 Å². The van der Waals surface area contributed by atoms with E-state index in [0.717, 1.165) is 18.4 Å². The van der Waals surface area contributed by atoms with E-state index in [-0.39, 0.29) is 5.75 Å². The topological polar surface area (TPSA) is 57.5 Å². The molecule has 1 aromatic carbocycles. The molecule has 0 amide bonds. The molecule has 0 aliphatic heterocycles. The standard InChI is InChI=1S/C13H16O3/c1-2-9-5-3-6-10(11(9)14)13(12(15)16)7-4-8-13/h3,5-6,14H,2,4,7-8H2,1H3,(H,15,16). The van der Waals surface area contributed by atoms with Gasteiger partial charge in [-0.15, -0.1) is 0 Å². The summed E-state index contributed by atoms with van der Waals surface area (Å²) in [7, 11) is 0. The normalized spacial score (nSPS) is 17.8. The van der Waals surface area contributed by atoms with E-state index >= 15 is 0 Å². The number of aryl methyl sites for hydroxylation is 1. The Morgan fingerprint density at radius 2 is 2.12 bits per heavy atom. The number of phenols is 1. The maximum Gasteiger partial charge on any atom is 0.314 e. The van der Waals surface area contributed by atoms with E-state index in [9.17, 15) is 15.0 Å². The molecule has 0 bridgehead atoms. The summed E-state index contributed by atoms with van der Waals surface area (Å²) in [5.41, 5.74) is 0.575. The number of benzene rings is 1. The van der Waals surface area contributed by atoms with Gasteiger partial charge in [-0.1, -0.05) is 31.5 Å². The summed E-state index contributed by atoms with van der Waals surface area (Å²) >= 11 is 0. The second kappa shape index (κ2) is 3.81. The Labute approximate surface area is 94.7 Å². The summed E-state index contributed by atoms with van der Waals surface area (Å²) in [5.74, 6) is -0.644. The number of para-hydroxylation sites is 1. The van der Waals surface area contributed by atoms with E-state index in [1.165, 1.54) is 0 Å². The highest BCUT2D eigenvalue weighted by Crippen LogP contribution is 2.47. The van der Waals surface area contributed by atoms with Crippen molar-refractivity contribution >= 4 is 5.97 Å². The van der Waals surface area contributed by atoms with Crippen molar-refractivity contribution in [3.63, 3.8) is 0 Å². The monoisotopic (exact) mass is 220 g/mol. The number of rotatable bonds is 3. The fraction of sp³-hybridized carbons (Fsp3) is 0.462. The van der Waals surface area contributed by atoms with Gasteiger partial charge in [0.05, 0.1) is 5.41 Å². The Bertz CT molecular complexity index is 419. The van der Waals surface area contributed by atoms with E-state index in [1.807, 2.05) is 19.1 Å². The van der Waals surface area contributed by atoms with Gasteiger partial charge in [-0.3, -0.25) is 4.79 Å². The molecule has 3 nitrogen and oxygen atoms in total. The minimum absolute atomic E-state index is 0.173. The first kappa shape index (κ1) is 11.0. The van der Waals surface area contributed by atoms with Crippen molar-refractivity contribution in [2.75, 3.05) is 0 Å². The van der Waals surface area contributed by atoms with Gasteiger partial charge in [0.15, 0.2) is 0 Å². The molecule has 3 heteroatoms. The largest absolute Gasteiger partial charge is 0.507 e. The minimum atomic E-state index is -0.838. The number of phenolic OH excluding ortho intramolecular Hbond substituents is 1. The maximum absolute atomic E-state index is 11.3. The zero-order chi connectivity index (χ0) is 11.8. The van der Waals surface area contributed by atoms with Gasteiger partial charge >= 0.3 is 5.97 Å². The number of carbonyl (C=O) groups is 1. The van der Waals surface area contributed by atoms with Gasteiger partial charge in [0.2, 0.25) is 0 Å². The van der Waals surface area contributed by atoms with Crippen LogP contribution in [0.3, 0.4) is 0 Å². The Morgan fingerprint density at radius 1 is 1.44 bits per heavy atom. The molecule has 2 N–H and O–H groups in total. The van der Waals surface area contributed by atoms with Gasteiger partial charge in [0.25, 0.3) is 0 Å². The van der Waals surface area contributed by atoms with Crippen molar-refractivity contribution in [3.8, 4) is 5.75 Å². The van der Waals surface area contributed by atoms with Gasteiger partial charge in [0, 0.05) is 5.56 Å². The molecule has 1 saturated carbocycles. The average molecular weight is 220 g/mol. The molecular weight excluding hydrogens is 204 g/mol. The highest BCUT2D eigenvalue weighted by molar-refractivity contribution is 5.83. The van der Waals surface area contributed by atoms with Gasteiger partial charge in [-0.25, -0.2) is 0 Å². The molecule has 0 atom stereocenters. The quantitative estimate of drug-likeness (QED) is 0.822. The molecular formula is C13H16O3. The fourth-order valence-electron chi connectivity index (χ4n) is 2.39. The molecule has 1 aliphatic carbocycles. The molecule has 0 heterocycles. The van der Waals surface area contributed by atoms with Gasteiger partial charge < -0.3 is 10.2 Å². The van der Waals surface area contributed by atoms with Crippen molar-refractivity contribution in [1.29, 1.82) is 0 Å². The van der Waals surface area contributed by atoms with Crippen LogP contribution in [-0.2, 0) is 16.6 Å². The van der Waals surface area contributed by atoms with Crippen LogP contribution in [0.2, 0.25) is 0 Å². The summed E-state index contributed by atoms with van der Waals surface area (Å²) in [6, 6.07) is 5.41. The van der Waals surface area contributed by atoms with E-state index in [4.69, 9.17) is 0 Å². The summed E-state index contributed by atoms with van der Waals surface area (Å²) in [6.07, 6.45) is 2.89. The van der Waals surface area contributed by atoms with Crippen LogP contribution in [0, 0.1) is 0 Å². The van der Waals surface area contributed by atoms with Crippen LogP contribution in [0.5, 0.6) is 5.75 Å². The molecule has 1 aromatic rings. The molecule has 1 aliphatic rings. The Morgan fingerprint density at radius 3 is 2.56 bits per heavy atom. The first-order valence-electron chi connectivity index (χ1n) is 5.66. The lowest BCUT2D eigenvalue weighted by Gasteiger charge is -2.38. The Kier molecular flexibility index (Phi) is 2.62. The van der Waals surface area contributed by atoms with Gasteiger partial charge in [0.1, 0.15) is 5.75 Å². The SMILES string of the molecule is CCc1cccc(C2(C(=O)O)CCC2)c1O. The third kappa shape index (κ3) is 1.39. The molecule has 1 fully saturated rings. The van der Waals surface area contributed by atoms with Crippen LogP contribution in [-0.4, -0.2) is 16.2 Å². The number of hydrogen-bond donors (Lipinski definition) is 2. The Hall–Kier alpha value is -1.51. The first-order valence-corrected chi connectivity index (χ1v) is 5.66. The van der Waals surface area contributed by atoms with Crippen molar-refractivity contribution in [3.05, 3.63) is 29.3 Å². The second-order valence-corrected chi connectivity index (χ2v) is 4.41. The second-order valence-electron chi connectivity index (χ2n) is 4.41. The molecule has 0 spiro atoms. The molecule has 16 heavy (non-hydrogen) atoms. The van der Waals surface area contributed by atoms with Crippen molar-refractivity contribution in [1.82, 2.24) is 0 Å². The third-order valence-corrected chi connectivity index (χ3v) is 3.63. The van der Waals surface area contributed by atoms with E-state index in [2.05, 4.69) is 0 Å². The number of carboxylic acids is 1. The highest BCUT2D eigenvalue weighted by atomic mass is 16.4. The first-order chi connectivity index (χ1) is 7.62. The van der Waals surface area contributed by atoms with Crippen LogP contribution < -0.4 is 0 Å². The summed E-state index contributed by atoms with van der Waals surface area (Å²) in [5, 5.41) is 19.4. The van der Waals surface area contributed by atoms with Crippen molar-refractivity contribution in [2.45, 2.75) is 38.0 Å².